The number of aromatic hydroxyl groups is 2. The number of benzene rings is 4. The predicted molar refractivity (Wildman–Crippen MR) is 205 cm³/mol. The lowest BCUT2D eigenvalue weighted by Crippen LogP contribution is -2.19. The van der Waals surface area contributed by atoms with E-state index in [1.807, 2.05) is 36.4 Å². The monoisotopic (exact) mass is 690 g/mol. The molecule has 0 fully saturated rings. The molecule has 2 N–H and O–H groups in total. The average molecular weight is 692 g/mol. The summed E-state index contributed by atoms with van der Waals surface area (Å²) >= 11 is 15.9. The van der Waals surface area contributed by atoms with Crippen LogP contribution in [0.15, 0.2) is 72.8 Å². The van der Waals surface area contributed by atoms with Crippen LogP contribution < -0.4 is 0 Å². The molecule has 0 aliphatic heterocycles. The lowest BCUT2D eigenvalue weighted by molar-refractivity contribution is 0.422. The molecule has 0 spiro atoms. The van der Waals surface area contributed by atoms with E-state index in [1.54, 1.807) is 11.8 Å². The zero-order chi connectivity index (χ0) is 35.3. The maximum absolute atomic E-state index is 11.6. The van der Waals surface area contributed by atoms with Crippen LogP contribution in [-0.4, -0.2) is 10.2 Å². The van der Waals surface area contributed by atoms with Crippen molar-refractivity contribution in [3.8, 4) is 11.5 Å². The zero-order valence-electron chi connectivity index (χ0n) is 30.1. The molecule has 0 amide bonds. The van der Waals surface area contributed by atoms with Gasteiger partial charge in [0, 0.05) is 10.0 Å². The third kappa shape index (κ3) is 8.18. The number of rotatable bonds is 6. The second-order valence-corrected chi connectivity index (χ2v) is 18.9. The summed E-state index contributed by atoms with van der Waals surface area (Å²) in [5.41, 5.74) is 6.57. The van der Waals surface area contributed by atoms with Crippen LogP contribution in [-0.2, 0) is 21.7 Å². The molecule has 0 saturated carbocycles. The summed E-state index contributed by atoms with van der Waals surface area (Å²) < 4.78 is 0. The first kappa shape index (κ1) is 37.2. The molecule has 252 valence electrons. The zero-order valence-corrected chi connectivity index (χ0v) is 32.5. The van der Waals surface area contributed by atoms with Crippen LogP contribution in [0.5, 0.6) is 11.5 Å². The minimum Gasteiger partial charge on any atom is -0.507 e. The molecule has 0 aliphatic carbocycles. The maximum Gasteiger partial charge on any atom is 0.123 e. The van der Waals surface area contributed by atoms with Crippen molar-refractivity contribution < 1.29 is 10.2 Å². The number of hydrogen-bond acceptors (Lipinski definition) is 3. The van der Waals surface area contributed by atoms with Gasteiger partial charge in [0.2, 0.25) is 0 Å². The van der Waals surface area contributed by atoms with Gasteiger partial charge in [-0.3, -0.25) is 0 Å². The molecule has 2 unspecified atom stereocenters. The number of phenolic OH excluding ortho intramolecular Hbond substituents is 2. The van der Waals surface area contributed by atoms with Gasteiger partial charge in [0.1, 0.15) is 11.5 Å². The van der Waals surface area contributed by atoms with Gasteiger partial charge in [-0.25, -0.2) is 0 Å². The van der Waals surface area contributed by atoms with Crippen molar-refractivity contribution in [3.63, 3.8) is 0 Å². The Morgan fingerprint density at radius 2 is 0.723 bits per heavy atom. The van der Waals surface area contributed by atoms with E-state index in [0.717, 1.165) is 44.5 Å². The Bertz CT molecular complexity index is 1550. The summed E-state index contributed by atoms with van der Waals surface area (Å²) in [6, 6.07) is 24.7. The van der Waals surface area contributed by atoms with Gasteiger partial charge in [-0.1, -0.05) is 167 Å². The number of thioether (sulfide) groups is 1. The maximum atomic E-state index is 11.6. The second-order valence-electron chi connectivity index (χ2n) is 16.9. The summed E-state index contributed by atoms with van der Waals surface area (Å²) in [5, 5.41) is 24.2. The first-order valence-corrected chi connectivity index (χ1v) is 18.1. The normalized spacial score (nSPS) is 14.3. The van der Waals surface area contributed by atoms with Crippen LogP contribution in [0.2, 0.25) is 10.0 Å². The smallest absolute Gasteiger partial charge is 0.123 e. The van der Waals surface area contributed by atoms with Crippen molar-refractivity contribution >= 4 is 35.0 Å². The molecule has 47 heavy (non-hydrogen) atoms. The van der Waals surface area contributed by atoms with E-state index in [0.29, 0.717) is 21.5 Å². The Kier molecular flexibility index (Phi) is 10.6. The Morgan fingerprint density at radius 1 is 0.468 bits per heavy atom. The third-order valence-corrected chi connectivity index (χ3v) is 11.0. The van der Waals surface area contributed by atoms with Gasteiger partial charge < -0.3 is 10.2 Å². The van der Waals surface area contributed by atoms with Gasteiger partial charge in [-0.2, -0.15) is 0 Å². The Labute approximate surface area is 297 Å². The molecule has 0 heterocycles. The summed E-state index contributed by atoms with van der Waals surface area (Å²) in [6.07, 6.45) is 0. The van der Waals surface area contributed by atoms with Crippen LogP contribution >= 0.6 is 35.0 Å². The van der Waals surface area contributed by atoms with Crippen molar-refractivity contribution in [2.75, 3.05) is 0 Å². The van der Waals surface area contributed by atoms with E-state index in [2.05, 4.69) is 119 Å². The lowest BCUT2D eigenvalue weighted by atomic mass is 9.77. The largest absolute Gasteiger partial charge is 0.507 e. The van der Waals surface area contributed by atoms with E-state index < -0.39 is 0 Å². The Balaban J connectivity index is 2.11. The highest BCUT2D eigenvalue weighted by Crippen LogP contribution is 2.54. The van der Waals surface area contributed by atoms with Gasteiger partial charge >= 0.3 is 0 Å². The topological polar surface area (TPSA) is 40.5 Å². The van der Waals surface area contributed by atoms with Crippen molar-refractivity contribution in [1.82, 2.24) is 0 Å². The van der Waals surface area contributed by atoms with Crippen LogP contribution in [0, 0.1) is 0 Å². The first-order chi connectivity index (χ1) is 21.5. The highest BCUT2D eigenvalue weighted by molar-refractivity contribution is 8.00. The molecule has 0 bridgehead atoms. The number of phenols is 2. The molecule has 5 heteroatoms. The van der Waals surface area contributed by atoms with Crippen LogP contribution in [0.25, 0.3) is 0 Å². The number of hydrogen-bond donors (Lipinski definition) is 2. The van der Waals surface area contributed by atoms with Crippen molar-refractivity contribution in [2.45, 2.75) is 115 Å². The van der Waals surface area contributed by atoms with Gasteiger partial charge in [-0.05, 0) is 78.3 Å². The average Bonchev–Trinajstić information content (AvgIpc) is 2.93. The molecule has 2 nitrogen and oxygen atoms in total. The minimum atomic E-state index is -0.294. The van der Waals surface area contributed by atoms with Gasteiger partial charge in [0.05, 0.1) is 10.5 Å². The summed E-state index contributed by atoms with van der Waals surface area (Å²) in [6.45, 7) is 25.7. The fraction of sp³-hybridized carbons (Fsp3) is 0.429. The van der Waals surface area contributed by atoms with Gasteiger partial charge in [0.25, 0.3) is 0 Å². The van der Waals surface area contributed by atoms with E-state index in [-0.39, 0.29) is 32.2 Å². The van der Waals surface area contributed by atoms with Crippen molar-refractivity contribution in [1.29, 1.82) is 0 Å². The second kappa shape index (κ2) is 13.4. The van der Waals surface area contributed by atoms with E-state index >= 15 is 0 Å². The number of halogens is 2. The van der Waals surface area contributed by atoms with E-state index in [9.17, 15) is 10.2 Å². The highest BCUT2D eigenvalue weighted by Gasteiger charge is 2.34. The molecule has 2 atom stereocenters. The lowest BCUT2D eigenvalue weighted by Gasteiger charge is -2.33. The quantitative estimate of drug-likeness (QED) is 0.211. The predicted octanol–water partition coefficient (Wildman–Crippen LogP) is 13.2. The highest BCUT2D eigenvalue weighted by atomic mass is 35.5. The SMILES string of the molecule is CC(C)(C)c1cc(C(SC(c2cc(C(C)(C)C)c(O)c(C(C)(C)C)c2)c2ccccc2Cl)c2ccccc2Cl)cc(C(C)(C)C)c1O. The van der Waals surface area contributed by atoms with Crippen LogP contribution in [0.1, 0.15) is 138 Å². The first-order valence-electron chi connectivity index (χ1n) is 16.4. The molecule has 4 aromatic carbocycles. The minimum absolute atomic E-state index is 0.210. The van der Waals surface area contributed by atoms with Crippen molar-refractivity contribution in [2.24, 2.45) is 0 Å². The van der Waals surface area contributed by atoms with Crippen molar-refractivity contribution in [3.05, 3.63) is 127 Å². The molecule has 0 aliphatic rings. The molecule has 0 aromatic heterocycles. The van der Waals surface area contributed by atoms with E-state index in [4.69, 9.17) is 23.2 Å². The molecule has 0 radical (unpaired) electrons. The van der Waals surface area contributed by atoms with Gasteiger partial charge in [-0.15, -0.1) is 11.8 Å². The van der Waals surface area contributed by atoms with Gasteiger partial charge in [0.15, 0.2) is 0 Å². The summed E-state index contributed by atoms with van der Waals surface area (Å²) in [4.78, 5) is 0. The standard InChI is InChI=1S/C42H52Cl2O2S/c1-39(2,3)29-21-25(22-30(35(29)45)40(4,5)6)37(27-17-13-15-19-33(27)43)47-38(28-18-14-16-20-34(28)44)26-23-31(41(7,8)9)36(46)32(24-26)42(10,11)12/h13-24,37-38,45-46H,1-12H3. The Hall–Kier alpha value is -2.59. The molecule has 0 saturated heterocycles. The summed E-state index contributed by atoms with van der Waals surface area (Å²) in [5.74, 6) is 0.699. The molecule has 4 rings (SSSR count). The fourth-order valence-corrected chi connectivity index (χ4v) is 8.26. The molecule has 4 aromatic rings. The molecular formula is C42H52Cl2O2S. The third-order valence-electron chi connectivity index (χ3n) is 8.75. The van der Waals surface area contributed by atoms with Crippen LogP contribution in [0.4, 0.5) is 0 Å². The van der Waals surface area contributed by atoms with E-state index in [1.165, 1.54) is 0 Å². The fourth-order valence-electron chi connectivity index (χ4n) is 6.08. The molecular weight excluding hydrogens is 639 g/mol. The summed E-state index contributed by atoms with van der Waals surface area (Å²) in [7, 11) is 0. The Morgan fingerprint density at radius 3 is 0.957 bits per heavy atom. The van der Waals surface area contributed by atoms with Crippen LogP contribution in [0.3, 0.4) is 0 Å².